The van der Waals surface area contributed by atoms with E-state index in [0.29, 0.717) is 9.72 Å². The van der Waals surface area contributed by atoms with Gasteiger partial charge in [0.15, 0.2) is 0 Å². The summed E-state index contributed by atoms with van der Waals surface area (Å²) >= 11 is 6.90. The van der Waals surface area contributed by atoms with E-state index >= 15 is 0 Å². The molecule has 5 heteroatoms. The van der Waals surface area contributed by atoms with Crippen molar-refractivity contribution in [2.24, 2.45) is 0 Å². The Morgan fingerprint density at radius 1 is 1.50 bits per heavy atom. The van der Waals surface area contributed by atoms with Crippen molar-refractivity contribution in [1.29, 1.82) is 0 Å². The smallest absolute Gasteiger partial charge is 0.336 e. The van der Waals surface area contributed by atoms with Crippen LogP contribution in [0.2, 0.25) is 5.02 Å². The summed E-state index contributed by atoms with van der Waals surface area (Å²) in [5, 5.41) is 10.5. The van der Waals surface area contributed by atoms with Gasteiger partial charge in [0, 0.05) is 10.8 Å². The van der Waals surface area contributed by atoms with E-state index in [0.717, 1.165) is 11.3 Å². The number of rotatable bonds is 1. The molecule has 1 heterocycles. The first kappa shape index (κ1) is 9.43. The summed E-state index contributed by atoms with van der Waals surface area (Å²) < 4.78 is 13.7. The molecule has 0 bridgehead atoms. The maximum atomic E-state index is 13.2. The topological polar surface area (TPSA) is 37.3 Å². The van der Waals surface area contributed by atoms with Crippen molar-refractivity contribution in [3.05, 3.63) is 33.9 Å². The van der Waals surface area contributed by atoms with Crippen LogP contribution in [-0.4, -0.2) is 11.1 Å². The predicted molar refractivity (Wildman–Crippen MR) is 53.8 cm³/mol. The molecule has 1 aromatic heterocycles. The van der Waals surface area contributed by atoms with E-state index < -0.39 is 11.8 Å². The van der Waals surface area contributed by atoms with Gasteiger partial charge in [-0.2, -0.15) is 0 Å². The normalized spacial score (nSPS) is 10.7. The molecule has 1 aromatic carbocycles. The monoisotopic (exact) mass is 230 g/mol. The molecule has 72 valence electrons. The van der Waals surface area contributed by atoms with Crippen LogP contribution in [0.5, 0.6) is 0 Å². The predicted octanol–water partition coefficient (Wildman–Crippen LogP) is 3.39. The molecular formula is C9H4ClFO2S. The van der Waals surface area contributed by atoms with E-state index in [1.54, 1.807) is 0 Å². The Kier molecular flexibility index (Phi) is 2.17. The summed E-state index contributed by atoms with van der Waals surface area (Å²) in [5.74, 6) is -1.69. The van der Waals surface area contributed by atoms with Gasteiger partial charge in [-0.15, -0.1) is 11.3 Å². The van der Waals surface area contributed by atoms with Crippen LogP contribution in [0.1, 0.15) is 10.4 Å². The van der Waals surface area contributed by atoms with Crippen LogP contribution in [0.4, 0.5) is 4.39 Å². The SMILES string of the molecule is O=C(O)c1ccc(Cl)c2scc(F)c12. The molecule has 0 spiro atoms. The fourth-order valence-electron chi connectivity index (χ4n) is 1.26. The molecule has 2 aromatic rings. The third kappa shape index (κ3) is 1.27. The highest BCUT2D eigenvalue weighted by molar-refractivity contribution is 7.18. The van der Waals surface area contributed by atoms with Crippen molar-refractivity contribution in [2.45, 2.75) is 0 Å². The van der Waals surface area contributed by atoms with Gasteiger partial charge in [0.1, 0.15) is 5.82 Å². The van der Waals surface area contributed by atoms with Crippen molar-refractivity contribution in [2.75, 3.05) is 0 Å². The molecule has 14 heavy (non-hydrogen) atoms. The van der Waals surface area contributed by atoms with E-state index in [9.17, 15) is 9.18 Å². The number of thiophene rings is 1. The van der Waals surface area contributed by atoms with Crippen LogP contribution in [0.15, 0.2) is 17.5 Å². The van der Waals surface area contributed by atoms with E-state index in [1.165, 1.54) is 17.5 Å². The first-order chi connectivity index (χ1) is 6.61. The van der Waals surface area contributed by atoms with Gasteiger partial charge in [0.05, 0.1) is 15.3 Å². The first-order valence-electron chi connectivity index (χ1n) is 3.69. The largest absolute Gasteiger partial charge is 0.478 e. The molecule has 2 nitrogen and oxygen atoms in total. The van der Waals surface area contributed by atoms with Gasteiger partial charge < -0.3 is 5.11 Å². The minimum absolute atomic E-state index is 0.0526. The fraction of sp³-hybridized carbons (Fsp3) is 0. The first-order valence-corrected chi connectivity index (χ1v) is 4.95. The van der Waals surface area contributed by atoms with E-state index in [4.69, 9.17) is 16.7 Å². The summed E-state index contributed by atoms with van der Waals surface area (Å²) in [6.07, 6.45) is 0. The number of carboxylic acids is 1. The lowest BCUT2D eigenvalue weighted by molar-refractivity contribution is 0.0699. The fourth-order valence-corrected chi connectivity index (χ4v) is 2.39. The second-order valence-electron chi connectivity index (χ2n) is 2.69. The zero-order chi connectivity index (χ0) is 10.3. The van der Waals surface area contributed by atoms with E-state index in [-0.39, 0.29) is 10.9 Å². The highest BCUT2D eigenvalue weighted by Crippen LogP contribution is 2.33. The molecule has 0 aliphatic rings. The van der Waals surface area contributed by atoms with Crippen molar-refractivity contribution in [3.8, 4) is 0 Å². The number of carboxylic acid groups (broad SMARTS) is 1. The molecule has 1 N–H and O–H groups in total. The van der Waals surface area contributed by atoms with Crippen molar-refractivity contribution in [1.82, 2.24) is 0 Å². The molecule has 2 rings (SSSR count). The molecule has 0 fully saturated rings. The number of hydrogen-bond donors (Lipinski definition) is 1. The third-order valence-corrected chi connectivity index (χ3v) is 3.27. The standard InChI is InChI=1S/C9H4ClFO2S/c10-5-2-1-4(9(12)13)7-6(11)3-14-8(5)7/h1-3H,(H,12,13). The van der Waals surface area contributed by atoms with Gasteiger partial charge in [0.2, 0.25) is 0 Å². The zero-order valence-corrected chi connectivity index (χ0v) is 8.32. The van der Waals surface area contributed by atoms with Crippen LogP contribution in [0.3, 0.4) is 0 Å². The van der Waals surface area contributed by atoms with Gasteiger partial charge in [-0.25, -0.2) is 9.18 Å². The van der Waals surface area contributed by atoms with Gasteiger partial charge in [0.25, 0.3) is 0 Å². The molecule has 0 aliphatic carbocycles. The molecule has 0 saturated heterocycles. The minimum atomic E-state index is -1.15. The summed E-state index contributed by atoms with van der Waals surface area (Å²) in [6, 6.07) is 2.77. The Morgan fingerprint density at radius 3 is 2.86 bits per heavy atom. The Bertz CT molecular complexity index is 521. The van der Waals surface area contributed by atoms with Crippen molar-refractivity contribution in [3.63, 3.8) is 0 Å². The lowest BCUT2D eigenvalue weighted by Crippen LogP contribution is -1.97. The molecule has 0 amide bonds. The van der Waals surface area contributed by atoms with E-state index in [1.807, 2.05) is 0 Å². The maximum absolute atomic E-state index is 13.2. The number of halogens is 2. The summed E-state index contributed by atoms with van der Waals surface area (Å²) in [7, 11) is 0. The highest BCUT2D eigenvalue weighted by Gasteiger charge is 2.15. The molecule has 0 unspecified atom stereocenters. The number of carbonyl (C=O) groups is 1. The van der Waals surface area contributed by atoms with Crippen molar-refractivity contribution < 1.29 is 14.3 Å². The molecular weight excluding hydrogens is 227 g/mol. The molecule has 0 atom stereocenters. The van der Waals surface area contributed by atoms with Gasteiger partial charge in [-0.3, -0.25) is 0 Å². The van der Waals surface area contributed by atoms with Crippen LogP contribution >= 0.6 is 22.9 Å². The average molecular weight is 231 g/mol. The van der Waals surface area contributed by atoms with Gasteiger partial charge >= 0.3 is 5.97 Å². The number of fused-ring (bicyclic) bond motifs is 1. The van der Waals surface area contributed by atoms with Crippen molar-refractivity contribution >= 4 is 39.0 Å². The summed E-state index contributed by atoms with van der Waals surface area (Å²) in [4.78, 5) is 10.8. The van der Waals surface area contributed by atoms with Crippen LogP contribution in [-0.2, 0) is 0 Å². The van der Waals surface area contributed by atoms with Gasteiger partial charge in [-0.05, 0) is 12.1 Å². The second kappa shape index (κ2) is 3.22. The average Bonchev–Trinajstić information content (AvgIpc) is 2.50. The van der Waals surface area contributed by atoms with E-state index in [2.05, 4.69) is 0 Å². The lowest BCUT2D eigenvalue weighted by Gasteiger charge is -1.98. The summed E-state index contributed by atoms with van der Waals surface area (Å²) in [5.41, 5.74) is -0.0526. The Balaban J connectivity index is 2.92. The number of hydrogen-bond acceptors (Lipinski definition) is 2. The van der Waals surface area contributed by atoms with Crippen LogP contribution < -0.4 is 0 Å². The molecule has 0 saturated carbocycles. The zero-order valence-electron chi connectivity index (χ0n) is 6.75. The third-order valence-electron chi connectivity index (χ3n) is 1.86. The Morgan fingerprint density at radius 2 is 2.21 bits per heavy atom. The number of benzene rings is 1. The minimum Gasteiger partial charge on any atom is -0.478 e. The quantitative estimate of drug-likeness (QED) is 0.815. The second-order valence-corrected chi connectivity index (χ2v) is 3.97. The van der Waals surface area contributed by atoms with Crippen LogP contribution in [0.25, 0.3) is 10.1 Å². The highest BCUT2D eigenvalue weighted by atomic mass is 35.5. The Labute approximate surface area is 87.5 Å². The van der Waals surface area contributed by atoms with Crippen LogP contribution in [0, 0.1) is 5.82 Å². The maximum Gasteiger partial charge on any atom is 0.336 e. The lowest BCUT2D eigenvalue weighted by atomic mass is 10.1. The van der Waals surface area contributed by atoms with Gasteiger partial charge in [-0.1, -0.05) is 11.6 Å². The summed E-state index contributed by atoms with van der Waals surface area (Å²) in [6.45, 7) is 0. The molecule has 0 aliphatic heterocycles. The number of aromatic carboxylic acids is 1. The molecule has 0 radical (unpaired) electrons. The Hall–Kier alpha value is -1.13.